The zero-order valence-electron chi connectivity index (χ0n) is 6.38. The third-order valence-electron chi connectivity index (χ3n) is 0.958. The lowest BCUT2D eigenvalue weighted by Crippen LogP contribution is -2.32. The van der Waals surface area contributed by atoms with E-state index in [0.717, 1.165) is 0 Å². The molecule has 9 heteroatoms. The molecule has 0 rings (SSSR count). The van der Waals surface area contributed by atoms with E-state index in [9.17, 15) is 27.0 Å². The zero-order chi connectivity index (χ0) is 10.7. The summed E-state index contributed by atoms with van der Waals surface area (Å²) in [5, 5.41) is 0. The van der Waals surface area contributed by atoms with E-state index in [2.05, 4.69) is 9.05 Å². The highest BCUT2D eigenvalue weighted by atomic mass is 31.2. The van der Waals surface area contributed by atoms with Gasteiger partial charge in [0.1, 0.15) is 6.61 Å². The Kier molecular flexibility index (Phi) is 4.31. The lowest BCUT2D eigenvalue weighted by atomic mass is 10.4. The molecule has 0 saturated heterocycles. The Morgan fingerprint density at radius 2 is 2.00 bits per heavy atom. The van der Waals surface area contributed by atoms with Crippen LogP contribution in [0.4, 0.5) is 17.6 Å². The van der Waals surface area contributed by atoms with Crippen LogP contribution in [0, 0.1) is 0 Å². The molecule has 0 spiro atoms. The maximum atomic E-state index is 12.0. The number of alkyl halides is 4. The van der Waals surface area contributed by atoms with Gasteiger partial charge in [-0.15, -0.1) is 0 Å². The van der Waals surface area contributed by atoms with Crippen LogP contribution in [0.2, 0.25) is 0 Å². The summed E-state index contributed by atoms with van der Waals surface area (Å²) in [6.45, 7) is -1.93. The van der Waals surface area contributed by atoms with Gasteiger partial charge in [0, 0.05) is 7.11 Å². The van der Waals surface area contributed by atoms with E-state index in [4.69, 9.17) is 0 Å². The summed E-state index contributed by atoms with van der Waals surface area (Å²) < 4.78 is 64.2. The summed E-state index contributed by atoms with van der Waals surface area (Å²) in [7, 11) is -4.21. The van der Waals surface area contributed by atoms with Gasteiger partial charge in [-0.25, -0.2) is 8.78 Å². The molecule has 0 aliphatic carbocycles. The van der Waals surface area contributed by atoms with Crippen LogP contribution in [-0.2, 0) is 13.6 Å². The van der Waals surface area contributed by atoms with Crippen molar-refractivity contribution in [3.63, 3.8) is 0 Å². The molecular formula is C4H6F4O4P-. The quantitative estimate of drug-likeness (QED) is 0.517. The maximum Gasteiger partial charge on any atom is 0.330 e. The molecule has 0 saturated carbocycles. The average molecular weight is 225 g/mol. The summed E-state index contributed by atoms with van der Waals surface area (Å²) >= 11 is 0. The summed E-state index contributed by atoms with van der Waals surface area (Å²) in [6.07, 6.45) is -3.98. The van der Waals surface area contributed by atoms with E-state index >= 15 is 0 Å². The van der Waals surface area contributed by atoms with Gasteiger partial charge in [-0.3, -0.25) is 4.57 Å². The molecule has 1 atom stereocenters. The van der Waals surface area contributed by atoms with E-state index in [1.54, 1.807) is 0 Å². The number of rotatable bonds is 5. The molecule has 0 amide bonds. The van der Waals surface area contributed by atoms with Gasteiger partial charge in [-0.05, 0) is 0 Å². The second kappa shape index (κ2) is 4.36. The molecule has 0 aliphatic heterocycles. The van der Waals surface area contributed by atoms with Crippen LogP contribution in [0.5, 0.6) is 0 Å². The van der Waals surface area contributed by atoms with Gasteiger partial charge >= 0.3 is 12.3 Å². The molecule has 4 nitrogen and oxygen atoms in total. The average Bonchev–Trinajstić information content (AvgIpc) is 2.01. The Balaban J connectivity index is 4.10. The number of phosphoric ester groups is 1. The molecule has 0 aromatic carbocycles. The third kappa shape index (κ3) is 4.56. The van der Waals surface area contributed by atoms with Crippen molar-refractivity contribution < 1.29 is 36.1 Å². The number of hydrogen-bond acceptors (Lipinski definition) is 4. The van der Waals surface area contributed by atoms with E-state index in [1.807, 2.05) is 0 Å². The monoisotopic (exact) mass is 225 g/mol. The second-order valence-electron chi connectivity index (χ2n) is 1.96. The highest BCUT2D eigenvalue weighted by molar-refractivity contribution is 7.45. The van der Waals surface area contributed by atoms with Crippen LogP contribution >= 0.6 is 7.82 Å². The molecule has 0 aromatic rings. The number of halogens is 4. The van der Waals surface area contributed by atoms with Crippen molar-refractivity contribution in [2.45, 2.75) is 12.3 Å². The first-order valence-electron chi connectivity index (χ1n) is 2.88. The van der Waals surface area contributed by atoms with Crippen molar-refractivity contribution in [3.8, 4) is 0 Å². The molecule has 0 aliphatic rings. The van der Waals surface area contributed by atoms with E-state index in [1.165, 1.54) is 0 Å². The highest BCUT2D eigenvalue weighted by Crippen LogP contribution is 2.39. The third-order valence-corrected chi connectivity index (χ3v) is 1.85. The van der Waals surface area contributed by atoms with Crippen molar-refractivity contribution in [2.24, 2.45) is 0 Å². The summed E-state index contributed by atoms with van der Waals surface area (Å²) in [6, 6.07) is 0. The highest BCUT2D eigenvalue weighted by Gasteiger charge is 2.42. The molecule has 0 N–H and O–H groups in total. The first-order valence-corrected chi connectivity index (χ1v) is 4.34. The minimum Gasteiger partial charge on any atom is -0.756 e. The lowest BCUT2D eigenvalue weighted by molar-refractivity contribution is -0.234. The first-order chi connectivity index (χ1) is 5.71. The van der Waals surface area contributed by atoms with Gasteiger partial charge in [-0.1, -0.05) is 0 Å². The molecule has 13 heavy (non-hydrogen) atoms. The Morgan fingerprint density at radius 3 is 2.31 bits per heavy atom. The molecule has 0 aromatic heterocycles. The van der Waals surface area contributed by atoms with Crippen LogP contribution in [0.1, 0.15) is 0 Å². The summed E-state index contributed by atoms with van der Waals surface area (Å²) in [5.74, 6) is -4.50. The Morgan fingerprint density at radius 1 is 1.54 bits per heavy atom. The van der Waals surface area contributed by atoms with E-state index in [-0.39, 0.29) is 0 Å². The molecule has 1 unspecified atom stereocenters. The fourth-order valence-corrected chi connectivity index (χ4v) is 0.716. The Bertz CT molecular complexity index is 208. The van der Waals surface area contributed by atoms with Crippen LogP contribution in [0.25, 0.3) is 0 Å². The summed E-state index contributed by atoms with van der Waals surface area (Å²) in [5.41, 5.74) is 0. The molecule has 0 bridgehead atoms. The Hall–Kier alpha value is -0.170. The standard InChI is InChI=1S/C4H7F4O4P/c1-11-13(9,10)12-2-4(7,8)3(5)6/h3H,2H2,1H3,(H,9,10)/p-1. The first kappa shape index (κ1) is 12.8. The molecule has 80 valence electrons. The molecular weight excluding hydrogens is 219 g/mol. The fourth-order valence-electron chi connectivity index (χ4n) is 0.281. The largest absolute Gasteiger partial charge is 0.756 e. The predicted octanol–water partition coefficient (Wildman–Crippen LogP) is 1.02. The van der Waals surface area contributed by atoms with Gasteiger partial charge < -0.3 is 13.9 Å². The number of phosphoric acid groups is 1. The molecule has 0 radical (unpaired) electrons. The lowest BCUT2D eigenvalue weighted by Gasteiger charge is -2.23. The van der Waals surface area contributed by atoms with E-state index in [0.29, 0.717) is 7.11 Å². The van der Waals surface area contributed by atoms with Gasteiger partial charge in [-0.2, -0.15) is 8.78 Å². The van der Waals surface area contributed by atoms with Crippen molar-refractivity contribution >= 4 is 7.82 Å². The van der Waals surface area contributed by atoms with Gasteiger partial charge in [0.25, 0.3) is 7.82 Å². The zero-order valence-corrected chi connectivity index (χ0v) is 7.27. The topological polar surface area (TPSA) is 58.6 Å². The molecule has 0 fully saturated rings. The predicted molar refractivity (Wildman–Crippen MR) is 31.5 cm³/mol. The van der Waals surface area contributed by atoms with Gasteiger partial charge in [0.2, 0.25) is 0 Å². The van der Waals surface area contributed by atoms with Crippen molar-refractivity contribution in [2.75, 3.05) is 13.7 Å². The van der Waals surface area contributed by atoms with E-state index < -0.39 is 26.8 Å². The fraction of sp³-hybridized carbons (Fsp3) is 1.00. The number of hydrogen-bond donors (Lipinski definition) is 0. The SMILES string of the molecule is COP(=O)([O-])OCC(F)(F)C(F)F. The van der Waals surface area contributed by atoms with Crippen LogP contribution in [0.15, 0.2) is 0 Å². The van der Waals surface area contributed by atoms with Crippen molar-refractivity contribution in [3.05, 3.63) is 0 Å². The van der Waals surface area contributed by atoms with Crippen LogP contribution in [-0.4, -0.2) is 26.1 Å². The van der Waals surface area contributed by atoms with Crippen LogP contribution < -0.4 is 4.89 Å². The molecule has 0 heterocycles. The van der Waals surface area contributed by atoms with Crippen molar-refractivity contribution in [1.29, 1.82) is 0 Å². The van der Waals surface area contributed by atoms with Crippen molar-refractivity contribution in [1.82, 2.24) is 0 Å². The minimum absolute atomic E-state index is 0.661. The van der Waals surface area contributed by atoms with Gasteiger partial charge in [0.05, 0.1) is 0 Å². The second-order valence-corrected chi connectivity index (χ2v) is 3.48. The Labute approximate surface area is 71.1 Å². The smallest absolute Gasteiger partial charge is 0.330 e. The normalized spacial score (nSPS) is 17.5. The van der Waals surface area contributed by atoms with Crippen LogP contribution in [0.3, 0.4) is 0 Å². The minimum atomic E-state index is -4.87. The maximum absolute atomic E-state index is 12.0. The van der Waals surface area contributed by atoms with Gasteiger partial charge in [0.15, 0.2) is 0 Å². The summed E-state index contributed by atoms with van der Waals surface area (Å²) in [4.78, 5) is 10.3.